The van der Waals surface area contributed by atoms with Gasteiger partial charge < -0.3 is 9.84 Å². The summed E-state index contributed by atoms with van der Waals surface area (Å²) in [7, 11) is -2.57. The zero-order valence-electron chi connectivity index (χ0n) is 10.8. The average Bonchev–Trinajstić information content (AvgIpc) is 2.81. The molecule has 1 aliphatic rings. The Morgan fingerprint density at radius 3 is 2.85 bits per heavy atom. The van der Waals surface area contributed by atoms with E-state index in [1.807, 2.05) is 0 Å². The van der Waals surface area contributed by atoms with Crippen LogP contribution in [0.1, 0.15) is 6.42 Å². The monoisotopic (exact) mass is 323 g/mol. The maximum Gasteiger partial charge on any atom is 0.245 e. The van der Waals surface area contributed by atoms with Crippen molar-refractivity contribution < 1.29 is 22.7 Å². The van der Waals surface area contributed by atoms with Gasteiger partial charge in [-0.05, 0) is 18.6 Å². The Hall–Kier alpha value is -0.890. The molecule has 112 valence electrons. The minimum atomic E-state index is -3.97. The third-order valence-electron chi connectivity index (χ3n) is 3.25. The van der Waals surface area contributed by atoms with Crippen LogP contribution in [0.4, 0.5) is 4.39 Å². The lowest BCUT2D eigenvalue weighted by atomic mass is 10.2. The van der Waals surface area contributed by atoms with Crippen LogP contribution in [0.2, 0.25) is 5.02 Å². The van der Waals surface area contributed by atoms with E-state index in [4.69, 9.17) is 16.3 Å². The van der Waals surface area contributed by atoms with Gasteiger partial charge in [0.25, 0.3) is 0 Å². The van der Waals surface area contributed by atoms with Crippen molar-refractivity contribution in [2.75, 3.05) is 20.3 Å². The number of ether oxygens (including phenoxy) is 1. The van der Waals surface area contributed by atoms with Crippen molar-refractivity contribution in [3.8, 4) is 5.75 Å². The molecule has 1 aromatic carbocycles. The van der Waals surface area contributed by atoms with Crippen molar-refractivity contribution in [1.82, 2.24) is 4.31 Å². The summed E-state index contributed by atoms with van der Waals surface area (Å²) in [5.74, 6) is 0.338. The maximum absolute atomic E-state index is 13.4. The van der Waals surface area contributed by atoms with Crippen LogP contribution < -0.4 is 4.74 Å². The second-order valence-corrected chi connectivity index (χ2v) is 6.81. The number of sulfonamides is 1. The van der Waals surface area contributed by atoms with E-state index in [-0.39, 0.29) is 22.9 Å². The molecule has 1 heterocycles. The number of hydrogen-bond donors (Lipinski definition) is 1. The molecule has 2 rings (SSSR count). The highest BCUT2D eigenvalue weighted by molar-refractivity contribution is 7.89. The summed E-state index contributed by atoms with van der Waals surface area (Å²) in [6.07, 6.45) is -1.30. The molecule has 1 aromatic rings. The zero-order chi connectivity index (χ0) is 14.9. The molecule has 0 bridgehead atoms. The molecule has 8 heteroatoms. The Labute approximate surface area is 122 Å². The topological polar surface area (TPSA) is 66.8 Å². The van der Waals surface area contributed by atoms with E-state index in [9.17, 15) is 17.9 Å². The predicted molar refractivity (Wildman–Crippen MR) is 72.3 cm³/mol. The van der Waals surface area contributed by atoms with Gasteiger partial charge >= 0.3 is 0 Å². The van der Waals surface area contributed by atoms with E-state index in [0.29, 0.717) is 5.75 Å². The Morgan fingerprint density at radius 2 is 2.25 bits per heavy atom. The number of benzene rings is 1. The van der Waals surface area contributed by atoms with Crippen LogP contribution >= 0.6 is 11.6 Å². The molecule has 5 nitrogen and oxygen atoms in total. The fourth-order valence-electron chi connectivity index (χ4n) is 2.23. The molecule has 0 amide bonds. The lowest BCUT2D eigenvalue weighted by Crippen LogP contribution is -2.38. The van der Waals surface area contributed by atoms with Gasteiger partial charge in [0.1, 0.15) is 16.8 Å². The summed E-state index contributed by atoms with van der Waals surface area (Å²) in [4.78, 5) is -0.147. The van der Waals surface area contributed by atoms with Gasteiger partial charge in [0.2, 0.25) is 10.0 Å². The molecule has 0 radical (unpaired) electrons. The molecule has 1 fully saturated rings. The molecule has 1 N–H and O–H groups in total. The summed E-state index contributed by atoms with van der Waals surface area (Å²) < 4.78 is 44.5. The Morgan fingerprint density at radius 1 is 1.55 bits per heavy atom. The quantitative estimate of drug-likeness (QED) is 0.910. The average molecular weight is 324 g/mol. The Kier molecular flexibility index (Phi) is 4.53. The number of methoxy groups -OCH3 is 1. The molecule has 1 aliphatic heterocycles. The molecular formula is C12H15ClFNO4S. The molecular weight excluding hydrogens is 309 g/mol. The summed E-state index contributed by atoms with van der Waals surface area (Å²) in [6.45, 7) is -0.706. The number of nitrogens with zero attached hydrogens (tertiary/aromatic N) is 1. The minimum Gasteiger partial charge on any atom is -0.497 e. The number of aliphatic hydroxyl groups is 1. The van der Waals surface area contributed by atoms with Crippen LogP contribution in [0.15, 0.2) is 23.1 Å². The highest BCUT2D eigenvalue weighted by atomic mass is 35.5. The fraction of sp³-hybridized carbons (Fsp3) is 0.500. The van der Waals surface area contributed by atoms with Gasteiger partial charge in [0, 0.05) is 12.6 Å². The second-order valence-electron chi connectivity index (χ2n) is 4.54. The minimum absolute atomic E-state index is 0.0166. The van der Waals surface area contributed by atoms with Gasteiger partial charge in [-0.2, -0.15) is 4.31 Å². The zero-order valence-corrected chi connectivity index (χ0v) is 12.4. The molecule has 0 unspecified atom stereocenters. The standard InChI is InChI=1S/C12H15ClFNO4S/c1-19-10-2-3-11(13)12(5-10)20(17,18)15-6-8(14)4-9(15)7-16/h2-3,5,8-9,16H,4,6-7H2,1H3/t8-,9-/m0/s1. The second kappa shape index (κ2) is 5.85. The van der Waals surface area contributed by atoms with E-state index < -0.39 is 28.8 Å². The fourth-order valence-corrected chi connectivity index (χ4v) is 4.37. The van der Waals surface area contributed by atoms with Gasteiger partial charge in [-0.1, -0.05) is 11.6 Å². The first kappa shape index (κ1) is 15.5. The van der Waals surface area contributed by atoms with Crippen LogP contribution in [-0.4, -0.2) is 50.3 Å². The molecule has 20 heavy (non-hydrogen) atoms. The summed E-state index contributed by atoms with van der Waals surface area (Å²) in [5, 5.41) is 9.24. The Bertz CT molecular complexity index is 595. The van der Waals surface area contributed by atoms with Crippen LogP contribution in [0.5, 0.6) is 5.75 Å². The van der Waals surface area contributed by atoms with Crippen molar-refractivity contribution >= 4 is 21.6 Å². The Balaban J connectivity index is 2.44. The third kappa shape index (κ3) is 2.76. The highest BCUT2D eigenvalue weighted by Gasteiger charge is 2.40. The third-order valence-corrected chi connectivity index (χ3v) is 5.65. The first-order valence-corrected chi connectivity index (χ1v) is 7.82. The van der Waals surface area contributed by atoms with E-state index >= 15 is 0 Å². The van der Waals surface area contributed by atoms with E-state index in [1.54, 1.807) is 0 Å². The first-order valence-electron chi connectivity index (χ1n) is 6.00. The van der Waals surface area contributed by atoms with Crippen molar-refractivity contribution in [3.63, 3.8) is 0 Å². The van der Waals surface area contributed by atoms with Crippen LogP contribution in [0.25, 0.3) is 0 Å². The number of rotatable bonds is 4. The lowest BCUT2D eigenvalue weighted by molar-refractivity contribution is 0.213. The van der Waals surface area contributed by atoms with E-state index in [0.717, 1.165) is 4.31 Å². The molecule has 0 aromatic heterocycles. The van der Waals surface area contributed by atoms with Gasteiger partial charge in [0.05, 0.1) is 24.8 Å². The van der Waals surface area contributed by atoms with Gasteiger partial charge in [0.15, 0.2) is 0 Å². The van der Waals surface area contributed by atoms with Crippen LogP contribution in [-0.2, 0) is 10.0 Å². The smallest absolute Gasteiger partial charge is 0.245 e. The summed E-state index contributed by atoms with van der Waals surface area (Å²) >= 11 is 5.93. The molecule has 2 atom stereocenters. The normalized spacial score (nSPS) is 24.0. The largest absolute Gasteiger partial charge is 0.497 e. The van der Waals surface area contributed by atoms with E-state index in [2.05, 4.69) is 0 Å². The summed E-state index contributed by atoms with van der Waals surface area (Å²) in [6, 6.07) is 3.46. The number of aliphatic hydroxyl groups excluding tert-OH is 1. The van der Waals surface area contributed by atoms with Crippen molar-refractivity contribution in [3.05, 3.63) is 23.2 Å². The number of alkyl halides is 1. The van der Waals surface area contributed by atoms with Crippen LogP contribution in [0, 0.1) is 0 Å². The number of halogens is 2. The van der Waals surface area contributed by atoms with Crippen molar-refractivity contribution in [1.29, 1.82) is 0 Å². The van der Waals surface area contributed by atoms with Crippen molar-refractivity contribution in [2.24, 2.45) is 0 Å². The first-order chi connectivity index (χ1) is 9.40. The molecule has 0 spiro atoms. The molecule has 1 saturated heterocycles. The van der Waals surface area contributed by atoms with Gasteiger partial charge in [-0.3, -0.25) is 0 Å². The number of hydrogen-bond acceptors (Lipinski definition) is 4. The lowest BCUT2D eigenvalue weighted by Gasteiger charge is -2.22. The van der Waals surface area contributed by atoms with E-state index in [1.165, 1.54) is 25.3 Å². The molecule has 0 saturated carbocycles. The molecule has 0 aliphatic carbocycles. The van der Waals surface area contributed by atoms with Crippen LogP contribution in [0.3, 0.4) is 0 Å². The summed E-state index contributed by atoms with van der Waals surface area (Å²) in [5.41, 5.74) is 0. The van der Waals surface area contributed by atoms with Crippen molar-refractivity contribution in [2.45, 2.75) is 23.5 Å². The predicted octanol–water partition coefficient (Wildman–Crippen LogP) is 1.44. The van der Waals surface area contributed by atoms with Gasteiger partial charge in [-0.15, -0.1) is 0 Å². The van der Waals surface area contributed by atoms with Gasteiger partial charge in [-0.25, -0.2) is 12.8 Å². The maximum atomic E-state index is 13.4. The highest BCUT2D eigenvalue weighted by Crippen LogP contribution is 2.33. The SMILES string of the molecule is COc1ccc(Cl)c(S(=O)(=O)N2C[C@@H](F)C[C@H]2CO)c1.